The molecule has 0 radical (unpaired) electrons. The van der Waals surface area contributed by atoms with Gasteiger partial charge >= 0.3 is 11.9 Å². The molecule has 0 bridgehead atoms. The van der Waals surface area contributed by atoms with Crippen molar-refractivity contribution in [3.63, 3.8) is 0 Å². The minimum Gasteiger partial charge on any atom is -0.489 e. The van der Waals surface area contributed by atoms with Crippen molar-refractivity contribution in [1.29, 1.82) is 0 Å². The number of rotatable bonds is 11. The van der Waals surface area contributed by atoms with Crippen molar-refractivity contribution in [3.8, 4) is 5.75 Å². The minimum absolute atomic E-state index is 0.116. The average Bonchev–Trinajstić information content (AvgIpc) is 2.64. The van der Waals surface area contributed by atoms with E-state index in [1.54, 1.807) is 42.5 Å². The van der Waals surface area contributed by atoms with Gasteiger partial charge in [-0.05, 0) is 60.2 Å². The Labute approximate surface area is 185 Å². The van der Waals surface area contributed by atoms with E-state index >= 15 is 0 Å². The summed E-state index contributed by atoms with van der Waals surface area (Å²) in [7, 11) is 0. The van der Waals surface area contributed by atoms with Gasteiger partial charge in [-0.25, -0.2) is 0 Å². The highest BCUT2D eigenvalue weighted by molar-refractivity contribution is 6.34. The first-order chi connectivity index (χ1) is 14.1. The van der Waals surface area contributed by atoms with E-state index in [9.17, 15) is 19.8 Å². The van der Waals surface area contributed by atoms with Crippen LogP contribution >= 0.6 is 23.2 Å². The summed E-state index contributed by atoms with van der Waals surface area (Å²) in [6.45, 7) is 4.03. The van der Waals surface area contributed by atoms with Crippen molar-refractivity contribution >= 4 is 35.1 Å². The second-order valence-electron chi connectivity index (χ2n) is 7.50. The standard InChI is InChI=1S/C22H25Cl2NO5/c1-13(2)6-19(21(26)27)25-20(22(28)29)10-14-4-3-5-18(9-14)30-12-15-7-16(23)11-17(24)8-15/h3-5,7-9,11,13,19-20,25H,6,10,12H2,1-2H3,(H,26,27)(H,28,29)/t19-,20-/m0/s1. The molecule has 8 heteroatoms. The highest BCUT2D eigenvalue weighted by Crippen LogP contribution is 2.22. The van der Waals surface area contributed by atoms with Crippen LogP contribution in [0.2, 0.25) is 10.0 Å². The van der Waals surface area contributed by atoms with Gasteiger partial charge in [0.15, 0.2) is 0 Å². The normalized spacial score (nSPS) is 13.1. The van der Waals surface area contributed by atoms with Crippen molar-refractivity contribution in [3.05, 3.63) is 63.6 Å². The third kappa shape index (κ3) is 7.86. The minimum atomic E-state index is -1.11. The topological polar surface area (TPSA) is 95.9 Å². The molecule has 0 aliphatic carbocycles. The number of hydrogen-bond donors (Lipinski definition) is 3. The Morgan fingerprint density at radius 3 is 2.17 bits per heavy atom. The quantitative estimate of drug-likeness (QED) is 0.457. The van der Waals surface area contributed by atoms with E-state index in [4.69, 9.17) is 27.9 Å². The number of nitrogens with one attached hydrogen (secondary N) is 1. The number of carbonyl (C=O) groups is 2. The number of benzene rings is 2. The second kappa shape index (κ2) is 11.2. The van der Waals surface area contributed by atoms with E-state index in [1.807, 2.05) is 13.8 Å². The van der Waals surface area contributed by atoms with E-state index in [2.05, 4.69) is 5.32 Å². The molecule has 162 valence electrons. The average molecular weight is 454 g/mol. The van der Waals surface area contributed by atoms with Crippen molar-refractivity contribution in [2.45, 2.75) is 45.4 Å². The van der Waals surface area contributed by atoms with Gasteiger partial charge in [0.25, 0.3) is 0 Å². The summed E-state index contributed by atoms with van der Waals surface area (Å²) in [5.74, 6) is -1.49. The molecule has 0 aliphatic heterocycles. The lowest BCUT2D eigenvalue weighted by Crippen LogP contribution is -2.48. The van der Waals surface area contributed by atoms with Crippen LogP contribution in [0.15, 0.2) is 42.5 Å². The Balaban J connectivity index is 2.07. The molecule has 0 saturated carbocycles. The molecule has 2 aromatic rings. The molecule has 3 N–H and O–H groups in total. The molecule has 2 rings (SSSR count). The predicted octanol–water partition coefficient (Wildman–Crippen LogP) is 4.66. The Morgan fingerprint density at radius 1 is 0.967 bits per heavy atom. The number of carboxylic acids is 2. The van der Waals surface area contributed by atoms with Gasteiger partial charge in [0, 0.05) is 10.0 Å². The van der Waals surface area contributed by atoms with Crippen molar-refractivity contribution in [1.82, 2.24) is 5.32 Å². The summed E-state index contributed by atoms with van der Waals surface area (Å²) in [4.78, 5) is 23.2. The third-order valence-electron chi connectivity index (χ3n) is 4.37. The maximum Gasteiger partial charge on any atom is 0.321 e. The zero-order chi connectivity index (χ0) is 22.3. The van der Waals surface area contributed by atoms with Gasteiger partial charge in [0.2, 0.25) is 0 Å². The number of carboxylic acid groups (broad SMARTS) is 2. The number of ether oxygens (including phenoxy) is 1. The van der Waals surface area contributed by atoms with Crippen LogP contribution in [0, 0.1) is 5.92 Å². The fourth-order valence-electron chi connectivity index (χ4n) is 3.03. The highest BCUT2D eigenvalue weighted by atomic mass is 35.5. The highest BCUT2D eigenvalue weighted by Gasteiger charge is 2.26. The first-order valence-electron chi connectivity index (χ1n) is 9.52. The number of halogens is 2. The molecule has 0 heterocycles. The van der Waals surface area contributed by atoms with Gasteiger partial charge in [-0.1, -0.05) is 49.2 Å². The van der Waals surface area contributed by atoms with Gasteiger partial charge in [0.1, 0.15) is 24.4 Å². The van der Waals surface area contributed by atoms with Gasteiger partial charge in [-0.15, -0.1) is 0 Å². The SMILES string of the molecule is CC(C)C[C@H](N[C@@H](Cc1cccc(OCc2cc(Cl)cc(Cl)c2)c1)C(=O)O)C(=O)O. The summed E-state index contributed by atoms with van der Waals surface area (Å²) in [6, 6.07) is 10.2. The summed E-state index contributed by atoms with van der Waals surface area (Å²) in [5.41, 5.74) is 1.52. The van der Waals surface area contributed by atoms with Crippen LogP contribution in [-0.2, 0) is 22.6 Å². The Bertz CT molecular complexity index is 867. The van der Waals surface area contributed by atoms with E-state index < -0.39 is 24.0 Å². The molecule has 0 fully saturated rings. The van der Waals surface area contributed by atoms with Gasteiger partial charge in [0.05, 0.1) is 0 Å². The Morgan fingerprint density at radius 2 is 1.60 bits per heavy atom. The summed E-state index contributed by atoms with van der Waals surface area (Å²) < 4.78 is 5.78. The zero-order valence-corrected chi connectivity index (χ0v) is 18.3. The molecular formula is C22H25Cl2NO5. The molecule has 0 saturated heterocycles. The largest absolute Gasteiger partial charge is 0.489 e. The molecule has 0 aromatic heterocycles. The zero-order valence-electron chi connectivity index (χ0n) is 16.8. The van der Waals surface area contributed by atoms with E-state index in [0.29, 0.717) is 27.8 Å². The molecular weight excluding hydrogens is 429 g/mol. The molecule has 0 amide bonds. The van der Waals surface area contributed by atoms with Gasteiger partial charge < -0.3 is 14.9 Å². The van der Waals surface area contributed by atoms with Crippen molar-refractivity contribution in [2.24, 2.45) is 5.92 Å². The lowest BCUT2D eigenvalue weighted by molar-refractivity contribution is -0.142. The van der Waals surface area contributed by atoms with Crippen LogP contribution < -0.4 is 10.1 Å². The Kier molecular flexibility index (Phi) is 8.96. The maximum absolute atomic E-state index is 11.7. The molecule has 2 atom stereocenters. The number of hydrogen-bond acceptors (Lipinski definition) is 4. The van der Waals surface area contributed by atoms with Crippen molar-refractivity contribution < 1.29 is 24.5 Å². The van der Waals surface area contributed by atoms with Crippen LogP contribution in [0.25, 0.3) is 0 Å². The van der Waals surface area contributed by atoms with Crippen LogP contribution in [0.1, 0.15) is 31.4 Å². The van der Waals surface area contributed by atoms with Gasteiger partial charge in [-0.3, -0.25) is 14.9 Å². The smallest absolute Gasteiger partial charge is 0.321 e. The van der Waals surface area contributed by atoms with E-state index in [1.165, 1.54) is 0 Å². The van der Waals surface area contributed by atoms with E-state index in [-0.39, 0.29) is 18.9 Å². The fourth-order valence-corrected chi connectivity index (χ4v) is 3.60. The van der Waals surface area contributed by atoms with Crippen LogP contribution in [-0.4, -0.2) is 34.2 Å². The van der Waals surface area contributed by atoms with E-state index in [0.717, 1.165) is 5.56 Å². The first kappa shape index (κ1) is 24.0. The Hall–Kier alpha value is -2.28. The summed E-state index contributed by atoms with van der Waals surface area (Å²) in [5, 5.41) is 22.7. The fraction of sp³-hybridized carbons (Fsp3) is 0.364. The number of aliphatic carboxylic acids is 2. The third-order valence-corrected chi connectivity index (χ3v) is 4.81. The van der Waals surface area contributed by atoms with Crippen molar-refractivity contribution in [2.75, 3.05) is 0 Å². The van der Waals surface area contributed by atoms with Crippen LogP contribution in [0.5, 0.6) is 5.75 Å². The molecule has 0 spiro atoms. The molecule has 6 nitrogen and oxygen atoms in total. The monoisotopic (exact) mass is 453 g/mol. The molecule has 0 aliphatic rings. The summed E-state index contributed by atoms with van der Waals surface area (Å²) in [6.07, 6.45) is 0.460. The maximum atomic E-state index is 11.7. The lowest BCUT2D eigenvalue weighted by atomic mass is 10.0. The van der Waals surface area contributed by atoms with Gasteiger partial charge in [-0.2, -0.15) is 0 Å². The summed E-state index contributed by atoms with van der Waals surface area (Å²) >= 11 is 12.0. The molecule has 2 aromatic carbocycles. The molecule has 0 unspecified atom stereocenters. The first-order valence-corrected chi connectivity index (χ1v) is 10.3. The lowest BCUT2D eigenvalue weighted by Gasteiger charge is -2.22. The van der Waals surface area contributed by atoms with Crippen LogP contribution in [0.4, 0.5) is 0 Å². The molecule has 30 heavy (non-hydrogen) atoms. The van der Waals surface area contributed by atoms with Crippen LogP contribution in [0.3, 0.4) is 0 Å². The predicted molar refractivity (Wildman–Crippen MR) is 116 cm³/mol. The second-order valence-corrected chi connectivity index (χ2v) is 8.37.